The molecule has 0 aliphatic carbocycles. The summed E-state index contributed by atoms with van der Waals surface area (Å²) in [5.41, 5.74) is 0. The maximum atomic E-state index is 11.5. The molecule has 0 aromatic carbocycles. The lowest BCUT2D eigenvalue weighted by molar-refractivity contribution is -0.252. The number of hydrogen-bond donors (Lipinski definition) is 1. The molecule has 0 radical (unpaired) electrons. The second-order valence-corrected chi connectivity index (χ2v) is 4.51. The van der Waals surface area contributed by atoms with Gasteiger partial charge in [0.15, 0.2) is 5.79 Å². The number of rotatable bonds is 4. The summed E-state index contributed by atoms with van der Waals surface area (Å²) >= 11 is 0. The molecule has 1 heterocycles. The third-order valence-electron chi connectivity index (χ3n) is 2.71. The van der Waals surface area contributed by atoms with Gasteiger partial charge in [-0.1, -0.05) is 0 Å². The fourth-order valence-corrected chi connectivity index (χ4v) is 1.35. The van der Waals surface area contributed by atoms with Crippen LogP contribution in [-0.4, -0.2) is 56.0 Å². The summed E-state index contributed by atoms with van der Waals surface area (Å²) in [4.78, 5) is 13.2. The van der Waals surface area contributed by atoms with Gasteiger partial charge in [-0.15, -0.1) is 0 Å². The molecule has 1 aliphatic rings. The first-order chi connectivity index (χ1) is 7.44. The van der Waals surface area contributed by atoms with Crippen molar-refractivity contribution in [3.8, 4) is 0 Å². The third kappa shape index (κ3) is 4.08. The van der Waals surface area contributed by atoms with Gasteiger partial charge in [-0.05, 0) is 20.8 Å². The van der Waals surface area contributed by atoms with E-state index >= 15 is 0 Å². The minimum atomic E-state index is -0.498. The number of nitrogens with zero attached hydrogens (tertiary/aromatic N) is 1. The van der Waals surface area contributed by atoms with Crippen LogP contribution >= 0.6 is 0 Å². The molecule has 94 valence electrons. The summed E-state index contributed by atoms with van der Waals surface area (Å²) in [6, 6.07) is 0.0993. The molecule has 0 atom stereocenters. The second-order valence-electron chi connectivity index (χ2n) is 4.51. The van der Waals surface area contributed by atoms with Gasteiger partial charge in [0.1, 0.15) is 0 Å². The summed E-state index contributed by atoms with van der Waals surface area (Å²) < 4.78 is 11.0. The van der Waals surface area contributed by atoms with Crippen molar-refractivity contribution < 1.29 is 14.3 Å². The Bertz CT molecular complexity index is 233. The average molecular weight is 230 g/mol. The highest BCUT2D eigenvalue weighted by atomic mass is 16.7. The van der Waals surface area contributed by atoms with Crippen molar-refractivity contribution >= 4 is 5.91 Å². The summed E-state index contributed by atoms with van der Waals surface area (Å²) in [7, 11) is 1.79. The Morgan fingerprint density at radius 1 is 1.44 bits per heavy atom. The van der Waals surface area contributed by atoms with Crippen LogP contribution in [0.1, 0.15) is 20.8 Å². The van der Waals surface area contributed by atoms with Crippen molar-refractivity contribution in [3.05, 3.63) is 0 Å². The summed E-state index contributed by atoms with van der Waals surface area (Å²) in [5, 5.41) is 3.13. The molecule has 1 amide bonds. The molecule has 1 saturated heterocycles. The molecular formula is C11H22N2O3. The van der Waals surface area contributed by atoms with Crippen LogP contribution in [0.25, 0.3) is 0 Å². The van der Waals surface area contributed by atoms with E-state index in [9.17, 15) is 4.79 Å². The molecule has 0 bridgehead atoms. The van der Waals surface area contributed by atoms with Crippen LogP contribution < -0.4 is 5.32 Å². The predicted octanol–water partition coefficient (Wildman–Crippen LogP) is 0.206. The lowest BCUT2D eigenvalue weighted by atomic mass is 10.2. The Morgan fingerprint density at radius 2 is 2.00 bits per heavy atom. The van der Waals surface area contributed by atoms with E-state index in [1.165, 1.54) is 0 Å². The monoisotopic (exact) mass is 230 g/mol. The third-order valence-corrected chi connectivity index (χ3v) is 2.71. The Hall–Kier alpha value is -0.650. The lowest BCUT2D eigenvalue weighted by Crippen LogP contribution is -2.50. The molecule has 1 aliphatic heterocycles. The van der Waals surface area contributed by atoms with Crippen LogP contribution in [0, 0.1) is 0 Å². The molecular weight excluding hydrogens is 208 g/mol. The normalized spacial score (nSPS) is 20.8. The van der Waals surface area contributed by atoms with E-state index in [1.54, 1.807) is 11.9 Å². The van der Waals surface area contributed by atoms with Gasteiger partial charge in [-0.25, -0.2) is 0 Å². The highest BCUT2D eigenvalue weighted by Crippen LogP contribution is 2.16. The van der Waals surface area contributed by atoms with Crippen LogP contribution in [0.15, 0.2) is 0 Å². The maximum Gasteiger partial charge on any atom is 0.236 e. The SMILES string of the molecule is CCN(C)C(=O)CNC1COC(C)(C)OC1. The topological polar surface area (TPSA) is 50.8 Å². The number of carbonyl (C=O) groups is 1. The van der Waals surface area contributed by atoms with Crippen LogP contribution in [0.3, 0.4) is 0 Å². The molecule has 0 aromatic rings. The molecule has 0 aromatic heterocycles. The minimum absolute atomic E-state index is 0.0901. The van der Waals surface area contributed by atoms with Gasteiger partial charge < -0.3 is 19.7 Å². The molecule has 0 saturated carbocycles. The fraction of sp³-hybridized carbons (Fsp3) is 0.909. The average Bonchev–Trinajstić information content (AvgIpc) is 2.26. The predicted molar refractivity (Wildman–Crippen MR) is 61.1 cm³/mol. The van der Waals surface area contributed by atoms with Gasteiger partial charge in [0.2, 0.25) is 5.91 Å². The first-order valence-corrected chi connectivity index (χ1v) is 5.70. The molecule has 1 rings (SSSR count). The van der Waals surface area contributed by atoms with Gasteiger partial charge >= 0.3 is 0 Å². The van der Waals surface area contributed by atoms with Crippen LogP contribution in [-0.2, 0) is 14.3 Å². The Labute approximate surface area is 97.1 Å². The zero-order chi connectivity index (χ0) is 12.2. The van der Waals surface area contributed by atoms with Gasteiger partial charge in [0, 0.05) is 13.6 Å². The van der Waals surface area contributed by atoms with Crippen molar-refractivity contribution in [2.24, 2.45) is 0 Å². The highest BCUT2D eigenvalue weighted by molar-refractivity contribution is 5.77. The van der Waals surface area contributed by atoms with E-state index in [1.807, 2.05) is 20.8 Å². The Kier molecular flexibility index (Phi) is 4.70. The summed E-state index contributed by atoms with van der Waals surface area (Å²) in [6.07, 6.45) is 0. The molecule has 0 unspecified atom stereocenters. The zero-order valence-corrected chi connectivity index (χ0v) is 10.6. The van der Waals surface area contributed by atoms with Gasteiger partial charge in [-0.3, -0.25) is 4.79 Å². The van der Waals surface area contributed by atoms with Crippen molar-refractivity contribution in [3.63, 3.8) is 0 Å². The second kappa shape index (κ2) is 5.61. The minimum Gasteiger partial charge on any atom is -0.349 e. The molecule has 1 fully saturated rings. The zero-order valence-electron chi connectivity index (χ0n) is 10.6. The summed E-state index contributed by atoms with van der Waals surface area (Å²) in [5.74, 6) is -0.407. The summed E-state index contributed by atoms with van der Waals surface area (Å²) in [6.45, 7) is 7.95. The van der Waals surface area contributed by atoms with E-state index in [0.29, 0.717) is 19.8 Å². The van der Waals surface area contributed by atoms with Crippen molar-refractivity contribution in [2.45, 2.75) is 32.6 Å². The van der Waals surface area contributed by atoms with E-state index in [4.69, 9.17) is 9.47 Å². The van der Waals surface area contributed by atoms with Crippen LogP contribution in [0.5, 0.6) is 0 Å². The van der Waals surface area contributed by atoms with Crippen molar-refractivity contribution in [1.82, 2.24) is 10.2 Å². The lowest BCUT2D eigenvalue weighted by Gasteiger charge is -2.35. The molecule has 1 N–H and O–H groups in total. The maximum absolute atomic E-state index is 11.5. The Morgan fingerprint density at radius 3 is 2.50 bits per heavy atom. The number of amides is 1. The highest BCUT2D eigenvalue weighted by Gasteiger charge is 2.28. The molecule has 0 spiro atoms. The van der Waals surface area contributed by atoms with E-state index in [2.05, 4.69) is 5.32 Å². The van der Waals surface area contributed by atoms with Crippen molar-refractivity contribution in [2.75, 3.05) is 33.4 Å². The van der Waals surface area contributed by atoms with Gasteiger partial charge in [-0.2, -0.15) is 0 Å². The van der Waals surface area contributed by atoms with E-state index < -0.39 is 5.79 Å². The largest absolute Gasteiger partial charge is 0.349 e. The van der Waals surface area contributed by atoms with E-state index in [-0.39, 0.29) is 11.9 Å². The number of hydrogen-bond acceptors (Lipinski definition) is 4. The number of carbonyl (C=O) groups excluding carboxylic acids is 1. The van der Waals surface area contributed by atoms with Crippen LogP contribution in [0.4, 0.5) is 0 Å². The quantitative estimate of drug-likeness (QED) is 0.750. The molecule has 5 heteroatoms. The number of ether oxygens (including phenoxy) is 2. The Balaban J connectivity index is 2.22. The first kappa shape index (κ1) is 13.4. The van der Waals surface area contributed by atoms with E-state index in [0.717, 1.165) is 6.54 Å². The standard InChI is InChI=1S/C11H22N2O3/c1-5-13(4)10(14)6-12-9-7-15-11(2,3)16-8-9/h9,12H,5-8H2,1-4H3. The van der Waals surface area contributed by atoms with Crippen LogP contribution in [0.2, 0.25) is 0 Å². The molecule has 16 heavy (non-hydrogen) atoms. The van der Waals surface area contributed by atoms with Gasteiger partial charge in [0.05, 0.1) is 25.8 Å². The molecule has 5 nitrogen and oxygen atoms in total. The number of nitrogens with one attached hydrogen (secondary N) is 1. The smallest absolute Gasteiger partial charge is 0.236 e. The fourth-order valence-electron chi connectivity index (χ4n) is 1.35. The van der Waals surface area contributed by atoms with Gasteiger partial charge in [0.25, 0.3) is 0 Å². The first-order valence-electron chi connectivity index (χ1n) is 5.70. The number of likely N-dealkylation sites (N-methyl/N-ethyl adjacent to an activating group) is 1. The van der Waals surface area contributed by atoms with Crippen molar-refractivity contribution in [1.29, 1.82) is 0 Å².